The van der Waals surface area contributed by atoms with Crippen molar-refractivity contribution in [1.82, 2.24) is 0 Å². The van der Waals surface area contributed by atoms with Gasteiger partial charge in [0.05, 0.1) is 83.1 Å². The highest BCUT2D eigenvalue weighted by molar-refractivity contribution is 4.49. The van der Waals surface area contributed by atoms with Crippen LogP contribution in [-0.4, -0.2) is 96.5 Å². The first-order valence-corrected chi connectivity index (χ1v) is 22.1. The van der Waals surface area contributed by atoms with Gasteiger partial charge in [-0.05, 0) is 38.5 Å². The molecule has 0 atom stereocenters. The molecule has 0 aromatic heterocycles. The smallest absolute Gasteiger partial charge is 0.0780 e. The summed E-state index contributed by atoms with van der Waals surface area (Å²) in [5.74, 6) is 0. The molecule has 0 aliphatic rings. The van der Waals surface area contributed by atoms with Crippen molar-refractivity contribution in [1.29, 1.82) is 0 Å². The Labute approximate surface area is 358 Å². The summed E-state index contributed by atoms with van der Waals surface area (Å²) in [4.78, 5) is 0. The summed E-state index contributed by atoms with van der Waals surface area (Å²) in [6.07, 6.45) is 43.2. The Morgan fingerprint density at radius 3 is 0.431 bits per heavy atom. The molecule has 0 aliphatic heterocycles. The maximum Gasteiger partial charge on any atom is 0.0780 e. The van der Waals surface area contributed by atoms with Crippen molar-refractivity contribution in [3.63, 3.8) is 0 Å². The van der Waals surface area contributed by atoms with Crippen LogP contribution in [0.3, 0.4) is 0 Å². The molecule has 0 spiro atoms. The van der Waals surface area contributed by atoms with Crippen LogP contribution in [0.4, 0.5) is 0 Å². The molecule has 3 nitrogen and oxygen atoms in total. The number of halogens is 3. The van der Waals surface area contributed by atoms with E-state index in [1.807, 2.05) is 0 Å². The van der Waals surface area contributed by atoms with Gasteiger partial charge in [-0.25, -0.2) is 0 Å². The quantitative estimate of drug-likeness (QED) is 0.0654. The minimum atomic E-state index is 0. The normalized spacial score (nSPS) is 11.3. The first-order chi connectivity index (χ1) is 22.7. The lowest BCUT2D eigenvalue weighted by Crippen LogP contribution is -3.00. The molecule has 0 saturated heterocycles. The highest BCUT2D eigenvalue weighted by Gasteiger charge is 2.06. The van der Waals surface area contributed by atoms with Crippen molar-refractivity contribution in [3.05, 3.63) is 0 Å². The van der Waals surface area contributed by atoms with Crippen LogP contribution in [-0.2, 0) is 0 Å². The Bertz CT molecular complexity index is 502. The number of quaternary nitrogens is 3. The summed E-state index contributed by atoms with van der Waals surface area (Å²) in [6, 6.07) is 0. The summed E-state index contributed by atoms with van der Waals surface area (Å²) in [5, 5.41) is 0. The number of hydrogen-bond donors (Lipinski definition) is 0. The molecule has 0 heterocycles. The zero-order chi connectivity index (χ0) is 36.8. The Morgan fingerprint density at radius 2 is 0.314 bits per heavy atom. The second-order valence-corrected chi connectivity index (χ2v) is 18.6. The third-order valence-electron chi connectivity index (χ3n) is 9.55. The SMILES string of the molecule is CCCCCCCCCCCC[N+](C)(C)C.CCCCCCCCCCCC[N+](C)(C)C.CCCCCCCCCCCC[N+](C)(C)C.[Br-].[Br-].[Br-]. The van der Waals surface area contributed by atoms with Crippen LogP contribution in [0.1, 0.15) is 213 Å². The fraction of sp³-hybridized carbons (Fsp3) is 1.00. The fourth-order valence-corrected chi connectivity index (χ4v) is 6.22. The lowest BCUT2D eigenvalue weighted by atomic mass is 10.1. The Balaban J connectivity index is -0.000000145. The van der Waals surface area contributed by atoms with Crippen molar-refractivity contribution >= 4 is 0 Å². The van der Waals surface area contributed by atoms with Gasteiger partial charge < -0.3 is 64.4 Å². The Kier molecular flexibility index (Phi) is 59.8. The van der Waals surface area contributed by atoms with Gasteiger partial charge in [0.15, 0.2) is 0 Å². The van der Waals surface area contributed by atoms with Crippen LogP contribution < -0.4 is 50.9 Å². The van der Waals surface area contributed by atoms with Gasteiger partial charge in [-0.1, -0.05) is 175 Å². The van der Waals surface area contributed by atoms with Gasteiger partial charge >= 0.3 is 0 Å². The molecule has 0 amide bonds. The molecule has 6 heteroatoms. The molecule has 0 fully saturated rings. The molecule has 318 valence electrons. The van der Waals surface area contributed by atoms with Gasteiger partial charge in [-0.3, -0.25) is 0 Å². The average molecular weight is 925 g/mol. The van der Waals surface area contributed by atoms with Gasteiger partial charge in [0.2, 0.25) is 0 Å². The highest BCUT2D eigenvalue weighted by Crippen LogP contribution is 2.13. The predicted octanol–water partition coefficient (Wildman–Crippen LogP) is 4.85. The molecule has 0 saturated carbocycles. The maximum absolute atomic E-state index is 2.29. The number of nitrogens with zero attached hydrogens (tertiary/aromatic N) is 3. The molecule has 0 radical (unpaired) electrons. The maximum atomic E-state index is 2.29. The molecule has 0 aromatic rings. The van der Waals surface area contributed by atoms with E-state index in [0.717, 1.165) is 13.4 Å². The second kappa shape index (κ2) is 47.5. The third kappa shape index (κ3) is 76.8. The number of hydrogen-bond acceptors (Lipinski definition) is 0. The van der Waals surface area contributed by atoms with E-state index in [1.165, 1.54) is 212 Å². The van der Waals surface area contributed by atoms with E-state index in [-0.39, 0.29) is 50.9 Å². The largest absolute Gasteiger partial charge is 1.00 e. The molecule has 0 aliphatic carbocycles. The van der Waals surface area contributed by atoms with Crippen LogP contribution in [0.5, 0.6) is 0 Å². The Hall–Kier alpha value is 1.32. The van der Waals surface area contributed by atoms with E-state index in [1.54, 1.807) is 0 Å². The number of rotatable bonds is 33. The van der Waals surface area contributed by atoms with Gasteiger partial charge in [-0.2, -0.15) is 0 Å². The zero-order valence-electron chi connectivity index (χ0n) is 37.8. The number of unbranched alkanes of at least 4 members (excludes halogenated alkanes) is 27. The first kappa shape index (κ1) is 64.2. The van der Waals surface area contributed by atoms with Crippen LogP contribution in [0.15, 0.2) is 0 Å². The van der Waals surface area contributed by atoms with E-state index < -0.39 is 0 Å². The lowest BCUT2D eigenvalue weighted by molar-refractivity contribution is -0.870. The van der Waals surface area contributed by atoms with Crippen LogP contribution >= 0.6 is 0 Å². The fourth-order valence-electron chi connectivity index (χ4n) is 6.22. The first-order valence-electron chi connectivity index (χ1n) is 22.1. The van der Waals surface area contributed by atoms with Gasteiger partial charge in [-0.15, -0.1) is 0 Å². The second-order valence-electron chi connectivity index (χ2n) is 18.6. The molecular formula is C45H102Br3N3. The van der Waals surface area contributed by atoms with Crippen LogP contribution in [0, 0.1) is 0 Å². The lowest BCUT2D eigenvalue weighted by Gasteiger charge is -2.23. The van der Waals surface area contributed by atoms with Crippen molar-refractivity contribution in [2.24, 2.45) is 0 Å². The average Bonchev–Trinajstić information content (AvgIpc) is 2.99. The summed E-state index contributed by atoms with van der Waals surface area (Å²) < 4.78 is 3.37. The Morgan fingerprint density at radius 1 is 0.196 bits per heavy atom. The minimum absolute atomic E-state index is 0. The highest BCUT2D eigenvalue weighted by atomic mass is 79.9. The monoisotopic (exact) mass is 922 g/mol. The third-order valence-corrected chi connectivity index (χ3v) is 9.55. The van der Waals surface area contributed by atoms with Crippen LogP contribution in [0.25, 0.3) is 0 Å². The molecular weight excluding hydrogens is 822 g/mol. The molecule has 0 bridgehead atoms. The summed E-state index contributed by atoms with van der Waals surface area (Å²) >= 11 is 0. The van der Waals surface area contributed by atoms with E-state index in [9.17, 15) is 0 Å². The summed E-state index contributed by atoms with van der Waals surface area (Å²) in [7, 11) is 20.6. The minimum Gasteiger partial charge on any atom is -1.00 e. The van der Waals surface area contributed by atoms with Gasteiger partial charge in [0, 0.05) is 0 Å². The van der Waals surface area contributed by atoms with Crippen molar-refractivity contribution in [2.45, 2.75) is 213 Å². The van der Waals surface area contributed by atoms with Crippen LogP contribution in [0.2, 0.25) is 0 Å². The molecule has 51 heavy (non-hydrogen) atoms. The van der Waals surface area contributed by atoms with Crippen molar-refractivity contribution in [3.8, 4) is 0 Å². The predicted molar refractivity (Wildman–Crippen MR) is 224 cm³/mol. The van der Waals surface area contributed by atoms with E-state index in [4.69, 9.17) is 0 Å². The molecule has 0 aromatic carbocycles. The van der Waals surface area contributed by atoms with Crippen molar-refractivity contribution < 1.29 is 64.4 Å². The topological polar surface area (TPSA) is 0 Å². The summed E-state index contributed by atoms with van der Waals surface area (Å²) in [5.41, 5.74) is 0. The van der Waals surface area contributed by atoms with Gasteiger partial charge in [0.1, 0.15) is 0 Å². The zero-order valence-corrected chi connectivity index (χ0v) is 42.6. The van der Waals surface area contributed by atoms with Crippen molar-refractivity contribution in [2.75, 3.05) is 83.1 Å². The van der Waals surface area contributed by atoms with E-state index in [2.05, 4.69) is 84.2 Å². The summed E-state index contributed by atoms with van der Waals surface area (Å²) in [6.45, 7) is 10.8. The standard InChI is InChI=1S/3C15H34N.3BrH/c3*1-5-6-7-8-9-10-11-12-13-14-15-16(2,3)4;;;/h3*5-15H2,1-4H3;3*1H/q3*+1;;;/p-3. The molecule has 0 rings (SSSR count). The molecule has 0 unspecified atom stereocenters. The van der Waals surface area contributed by atoms with E-state index in [0.29, 0.717) is 0 Å². The van der Waals surface area contributed by atoms with E-state index >= 15 is 0 Å². The van der Waals surface area contributed by atoms with Gasteiger partial charge in [0.25, 0.3) is 0 Å². The molecule has 0 N–H and O–H groups in total.